The van der Waals surface area contributed by atoms with Gasteiger partial charge >= 0.3 is 12.0 Å². The van der Waals surface area contributed by atoms with Crippen LogP contribution in [0, 0.1) is 13.8 Å². The van der Waals surface area contributed by atoms with E-state index in [0.29, 0.717) is 47.2 Å². The second kappa shape index (κ2) is 8.68. The maximum atomic E-state index is 12.2. The summed E-state index contributed by atoms with van der Waals surface area (Å²) in [6, 6.07) is 4.02. The summed E-state index contributed by atoms with van der Waals surface area (Å²) in [6.07, 6.45) is 0. The maximum Gasteiger partial charge on any atom is 0.355 e. The van der Waals surface area contributed by atoms with E-state index >= 15 is 0 Å². The molecule has 3 N–H and O–H groups in total. The Balaban J connectivity index is 1.52. The molecule has 0 bridgehead atoms. The van der Waals surface area contributed by atoms with Crippen LogP contribution in [0.2, 0.25) is 0 Å². The van der Waals surface area contributed by atoms with Gasteiger partial charge in [-0.1, -0.05) is 0 Å². The van der Waals surface area contributed by atoms with E-state index in [1.54, 1.807) is 32.0 Å². The fourth-order valence-corrected chi connectivity index (χ4v) is 3.13. The Hall–Kier alpha value is -3.82. The van der Waals surface area contributed by atoms with Gasteiger partial charge in [-0.2, -0.15) is 0 Å². The molecule has 158 valence electrons. The molecule has 0 unspecified atom stereocenters. The highest BCUT2D eigenvalue weighted by atomic mass is 16.6. The quantitative estimate of drug-likeness (QED) is 0.503. The van der Waals surface area contributed by atoms with Crippen LogP contribution in [0.15, 0.2) is 18.2 Å². The number of fused-ring (bicyclic) bond motifs is 1. The Kier molecular flexibility index (Phi) is 6.05. The van der Waals surface area contributed by atoms with Crippen molar-refractivity contribution in [3.8, 4) is 11.5 Å². The molecule has 3 amide bonds. The number of nitrogens with one attached hydrogen (secondary N) is 3. The van der Waals surface area contributed by atoms with Crippen molar-refractivity contribution in [2.45, 2.75) is 20.8 Å². The van der Waals surface area contributed by atoms with Gasteiger partial charge in [0, 0.05) is 23.0 Å². The van der Waals surface area contributed by atoms with E-state index < -0.39 is 24.5 Å². The summed E-state index contributed by atoms with van der Waals surface area (Å²) in [4.78, 5) is 50.5. The molecule has 0 spiro atoms. The highest BCUT2D eigenvalue weighted by molar-refractivity contribution is 6.03. The van der Waals surface area contributed by atoms with Crippen LogP contribution >= 0.6 is 0 Å². The Morgan fingerprint density at radius 3 is 2.47 bits per heavy atom. The van der Waals surface area contributed by atoms with Crippen LogP contribution in [0.3, 0.4) is 0 Å². The monoisotopic (exact) mass is 415 g/mol. The number of rotatable bonds is 5. The highest BCUT2D eigenvalue weighted by Crippen LogP contribution is 2.32. The predicted molar refractivity (Wildman–Crippen MR) is 105 cm³/mol. The third kappa shape index (κ3) is 4.59. The summed E-state index contributed by atoms with van der Waals surface area (Å²) in [7, 11) is 0. The number of ether oxygens (including phenoxy) is 3. The van der Waals surface area contributed by atoms with Crippen LogP contribution in [0.4, 0.5) is 10.5 Å². The van der Waals surface area contributed by atoms with Gasteiger partial charge in [0.15, 0.2) is 23.9 Å². The first-order valence-electron chi connectivity index (χ1n) is 9.14. The minimum absolute atomic E-state index is 0.0891. The lowest BCUT2D eigenvalue weighted by molar-refractivity contribution is -0.123. The smallest absolute Gasteiger partial charge is 0.355 e. The second-order valence-electron chi connectivity index (χ2n) is 6.62. The van der Waals surface area contributed by atoms with E-state index in [1.165, 1.54) is 6.92 Å². The van der Waals surface area contributed by atoms with Crippen LogP contribution in [-0.4, -0.2) is 48.5 Å². The molecule has 0 saturated carbocycles. The molecule has 0 radical (unpaired) electrons. The van der Waals surface area contributed by atoms with Crippen molar-refractivity contribution in [2.75, 3.05) is 25.1 Å². The first kappa shape index (κ1) is 20.9. The number of benzene rings is 1. The molecule has 2 aromatic rings. The van der Waals surface area contributed by atoms with Crippen molar-refractivity contribution in [2.24, 2.45) is 0 Å². The van der Waals surface area contributed by atoms with Gasteiger partial charge in [0.2, 0.25) is 0 Å². The average Bonchev–Trinajstić information content (AvgIpc) is 3.00. The number of H-pyrrole nitrogens is 1. The number of aryl methyl sites for hydroxylation is 1. The largest absolute Gasteiger partial charge is 0.486 e. The normalized spacial score (nSPS) is 12.1. The van der Waals surface area contributed by atoms with Gasteiger partial charge in [0.1, 0.15) is 18.9 Å². The van der Waals surface area contributed by atoms with Crippen molar-refractivity contribution < 1.29 is 33.4 Å². The molecular formula is C20H21N3O7. The third-order valence-corrected chi connectivity index (χ3v) is 4.38. The Morgan fingerprint density at radius 2 is 1.80 bits per heavy atom. The molecular weight excluding hydrogens is 394 g/mol. The van der Waals surface area contributed by atoms with E-state index in [0.717, 1.165) is 0 Å². The summed E-state index contributed by atoms with van der Waals surface area (Å²) in [5, 5.41) is 4.55. The number of urea groups is 1. The SMILES string of the molecule is CC(=O)c1c(C)[nH]c(C(=O)OCC(=O)NC(=O)Nc2ccc3c(c2)OCCO3)c1C. The van der Waals surface area contributed by atoms with E-state index in [2.05, 4.69) is 15.6 Å². The van der Waals surface area contributed by atoms with Gasteiger partial charge in [-0.05, 0) is 38.5 Å². The topological polar surface area (TPSA) is 136 Å². The molecule has 2 heterocycles. The molecule has 10 nitrogen and oxygen atoms in total. The molecule has 0 aliphatic carbocycles. The van der Waals surface area contributed by atoms with E-state index in [9.17, 15) is 19.2 Å². The molecule has 1 aromatic heterocycles. The van der Waals surface area contributed by atoms with Crippen molar-refractivity contribution in [3.05, 3.63) is 40.7 Å². The average molecular weight is 415 g/mol. The fourth-order valence-electron chi connectivity index (χ4n) is 3.13. The molecule has 0 saturated heterocycles. The standard InChI is InChI=1S/C20H21N3O7/c1-10-17(12(3)24)11(2)21-18(10)19(26)30-9-16(25)23-20(27)22-13-4-5-14-15(8-13)29-7-6-28-14/h4-5,8,21H,6-7,9H2,1-3H3,(H2,22,23,25,27). The van der Waals surface area contributed by atoms with Crippen molar-refractivity contribution in [3.63, 3.8) is 0 Å². The van der Waals surface area contributed by atoms with Gasteiger partial charge in [-0.15, -0.1) is 0 Å². The molecule has 1 aromatic carbocycles. The summed E-state index contributed by atoms with van der Waals surface area (Å²) < 4.78 is 15.7. The Labute approximate surface area is 171 Å². The third-order valence-electron chi connectivity index (χ3n) is 4.38. The Morgan fingerprint density at radius 1 is 1.10 bits per heavy atom. The number of ketones is 1. The lowest BCUT2D eigenvalue weighted by Gasteiger charge is -2.19. The van der Waals surface area contributed by atoms with Gasteiger partial charge in [0.05, 0.1) is 0 Å². The van der Waals surface area contributed by atoms with Gasteiger partial charge in [-0.25, -0.2) is 9.59 Å². The molecule has 30 heavy (non-hydrogen) atoms. The van der Waals surface area contributed by atoms with E-state index in [-0.39, 0.29) is 11.5 Å². The van der Waals surface area contributed by atoms with Gasteiger partial charge < -0.3 is 24.5 Å². The molecule has 0 fully saturated rings. The number of esters is 1. The minimum Gasteiger partial charge on any atom is -0.486 e. The number of aromatic nitrogens is 1. The summed E-state index contributed by atoms with van der Waals surface area (Å²) in [5.74, 6) is -0.746. The van der Waals surface area contributed by atoms with E-state index in [4.69, 9.17) is 14.2 Å². The molecule has 3 rings (SSSR count). The van der Waals surface area contributed by atoms with Crippen LogP contribution < -0.4 is 20.1 Å². The Bertz CT molecular complexity index is 1030. The van der Waals surface area contributed by atoms with Crippen molar-refractivity contribution >= 4 is 29.4 Å². The number of carbonyl (C=O) groups excluding carboxylic acids is 4. The summed E-state index contributed by atoms with van der Waals surface area (Å²) in [5.41, 5.74) is 1.88. The van der Waals surface area contributed by atoms with E-state index in [1.807, 2.05) is 0 Å². The van der Waals surface area contributed by atoms with Gasteiger partial charge in [0.25, 0.3) is 5.91 Å². The summed E-state index contributed by atoms with van der Waals surface area (Å²) >= 11 is 0. The predicted octanol–water partition coefficient (Wildman–Crippen LogP) is 2.11. The van der Waals surface area contributed by atoms with Crippen LogP contribution in [-0.2, 0) is 9.53 Å². The number of carbonyl (C=O) groups is 4. The zero-order chi connectivity index (χ0) is 21.8. The van der Waals surface area contributed by atoms with Crippen LogP contribution in [0.5, 0.6) is 11.5 Å². The van der Waals surface area contributed by atoms with Crippen LogP contribution in [0.1, 0.15) is 39.0 Å². The number of amides is 3. The number of hydrogen-bond donors (Lipinski definition) is 3. The first-order valence-corrected chi connectivity index (χ1v) is 9.14. The van der Waals surface area contributed by atoms with Crippen molar-refractivity contribution in [1.82, 2.24) is 10.3 Å². The molecule has 10 heteroatoms. The zero-order valence-corrected chi connectivity index (χ0v) is 16.7. The lowest BCUT2D eigenvalue weighted by atomic mass is 10.1. The van der Waals surface area contributed by atoms with Gasteiger partial charge in [-0.3, -0.25) is 14.9 Å². The number of Topliss-reactive ketones (excluding diaryl/α,β-unsaturated/α-hetero) is 1. The minimum atomic E-state index is -0.814. The number of aromatic amines is 1. The summed E-state index contributed by atoms with van der Waals surface area (Å²) in [6.45, 7) is 4.85. The second-order valence-corrected chi connectivity index (χ2v) is 6.62. The molecule has 1 aliphatic heterocycles. The fraction of sp³-hybridized carbons (Fsp3) is 0.300. The maximum absolute atomic E-state index is 12.2. The highest BCUT2D eigenvalue weighted by Gasteiger charge is 2.22. The first-order chi connectivity index (χ1) is 14.3. The molecule has 1 aliphatic rings. The molecule has 0 atom stereocenters. The van der Waals surface area contributed by atoms with Crippen molar-refractivity contribution in [1.29, 1.82) is 0 Å². The number of hydrogen-bond acceptors (Lipinski definition) is 7. The number of anilines is 1. The zero-order valence-electron chi connectivity index (χ0n) is 16.7. The number of imide groups is 1. The lowest BCUT2D eigenvalue weighted by Crippen LogP contribution is -2.37. The van der Waals surface area contributed by atoms with Crippen LogP contribution in [0.25, 0.3) is 0 Å².